The van der Waals surface area contributed by atoms with Gasteiger partial charge in [0.2, 0.25) is 0 Å². The summed E-state index contributed by atoms with van der Waals surface area (Å²) in [6.45, 7) is 5.30. The van der Waals surface area contributed by atoms with Gasteiger partial charge >= 0.3 is 0 Å². The van der Waals surface area contributed by atoms with Crippen LogP contribution in [0.25, 0.3) is 0 Å². The zero-order valence-corrected chi connectivity index (χ0v) is 17.2. The van der Waals surface area contributed by atoms with Crippen molar-refractivity contribution in [1.29, 1.82) is 0 Å². The molecule has 1 aromatic heterocycles. The summed E-state index contributed by atoms with van der Waals surface area (Å²) in [6, 6.07) is 11.2. The Hall–Kier alpha value is -1.53. The minimum absolute atomic E-state index is 0.198. The third-order valence-corrected chi connectivity index (χ3v) is 6.17. The number of guanidine groups is 1. The Bertz CT molecular complexity index is 722. The number of halogens is 1. The maximum absolute atomic E-state index is 4.35. The van der Waals surface area contributed by atoms with E-state index in [0.717, 1.165) is 17.0 Å². The highest BCUT2D eigenvalue weighted by atomic mass is 79.9. The summed E-state index contributed by atoms with van der Waals surface area (Å²) in [5.74, 6) is 0.823. The van der Waals surface area contributed by atoms with Gasteiger partial charge in [-0.15, -0.1) is 11.3 Å². The lowest BCUT2D eigenvalue weighted by atomic mass is 10.1. The molecule has 4 nitrogen and oxygen atoms in total. The van der Waals surface area contributed by atoms with Gasteiger partial charge in [0, 0.05) is 40.6 Å². The summed E-state index contributed by atoms with van der Waals surface area (Å²) in [5.41, 5.74) is 2.61. The molecule has 1 aliphatic heterocycles. The average Bonchev–Trinajstić information content (AvgIpc) is 3.30. The molecule has 1 atom stereocenters. The number of anilines is 1. The fraction of sp³-hybridized carbons (Fsp3) is 0.421. The van der Waals surface area contributed by atoms with Gasteiger partial charge in [0.05, 0.1) is 12.6 Å². The van der Waals surface area contributed by atoms with Gasteiger partial charge in [-0.1, -0.05) is 12.1 Å². The molecular weight excluding hydrogens is 396 g/mol. The second-order valence-corrected chi connectivity index (χ2v) is 8.22. The molecule has 1 aromatic carbocycles. The lowest BCUT2D eigenvalue weighted by molar-refractivity contribution is 0.686. The van der Waals surface area contributed by atoms with Crippen LogP contribution in [0.2, 0.25) is 0 Å². The molecule has 0 saturated carbocycles. The molecule has 0 bridgehead atoms. The Morgan fingerprint density at radius 1 is 1.32 bits per heavy atom. The molecule has 134 valence electrons. The molecule has 25 heavy (non-hydrogen) atoms. The van der Waals surface area contributed by atoms with E-state index in [4.69, 9.17) is 0 Å². The van der Waals surface area contributed by atoms with Gasteiger partial charge in [0.1, 0.15) is 0 Å². The molecule has 3 rings (SSSR count). The molecule has 2 heterocycles. The van der Waals surface area contributed by atoms with Crippen molar-refractivity contribution in [3.8, 4) is 0 Å². The maximum Gasteiger partial charge on any atom is 0.191 e. The number of benzene rings is 1. The van der Waals surface area contributed by atoms with E-state index in [2.05, 4.69) is 79.1 Å². The monoisotopic (exact) mass is 420 g/mol. The predicted octanol–water partition coefficient (Wildman–Crippen LogP) is 4.54. The largest absolute Gasteiger partial charge is 0.372 e. The molecule has 1 unspecified atom stereocenters. The van der Waals surface area contributed by atoms with E-state index in [0.29, 0.717) is 0 Å². The molecule has 1 fully saturated rings. The zero-order chi connectivity index (χ0) is 17.6. The molecule has 1 aliphatic rings. The van der Waals surface area contributed by atoms with Crippen LogP contribution in [0.15, 0.2) is 45.2 Å². The van der Waals surface area contributed by atoms with Gasteiger partial charge in [-0.2, -0.15) is 0 Å². The van der Waals surface area contributed by atoms with Crippen molar-refractivity contribution < 1.29 is 0 Å². The van der Waals surface area contributed by atoms with Crippen LogP contribution >= 0.6 is 27.3 Å². The van der Waals surface area contributed by atoms with Crippen molar-refractivity contribution in [2.75, 3.05) is 25.0 Å². The van der Waals surface area contributed by atoms with Crippen molar-refractivity contribution in [2.45, 2.75) is 32.4 Å². The van der Waals surface area contributed by atoms with Gasteiger partial charge in [0.15, 0.2) is 5.96 Å². The van der Waals surface area contributed by atoms with E-state index >= 15 is 0 Å². The molecule has 0 radical (unpaired) electrons. The fourth-order valence-corrected chi connectivity index (χ4v) is 4.46. The second kappa shape index (κ2) is 8.72. The highest BCUT2D eigenvalue weighted by Gasteiger charge is 2.14. The molecule has 0 amide bonds. The Morgan fingerprint density at radius 3 is 2.80 bits per heavy atom. The van der Waals surface area contributed by atoms with Crippen molar-refractivity contribution in [2.24, 2.45) is 4.99 Å². The molecule has 0 aliphatic carbocycles. The van der Waals surface area contributed by atoms with Crippen LogP contribution in [0.4, 0.5) is 5.69 Å². The highest BCUT2D eigenvalue weighted by molar-refractivity contribution is 9.10. The fourth-order valence-electron chi connectivity index (χ4n) is 3.07. The predicted molar refractivity (Wildman–Crippen MR) is 112 cm³/mol. The van der Waals surface area contributed by atoms with Crippen LogP contribution in [0.5, 0.6) is 0 Å². The number of hydrogen-bond donors (Lipinski definition) is 2. The van der Waals surface area contributed by atoms with Crippen LogP contribution in [0.1, 0.15) is 36.2 Å². The second-order valence-electron chi connectivity index (χ2n) is 6.31. The smallest absolute Gasteiger partial charge is 0.191 e. The molecule has 2 aromatic rings. The number of hydrogen-bond acceptors (Lipinski definition) is 3. The normalized spacial score (nSPS) is 16.1. The van der Waals surface area contributed by atoms with Crippen LogP contribution < -0.4 is 15.5 Å². The number of thiophene rings is 1. The van der Waals surface area contributed by atoms with Crippen LogP contribution in [-0.2, 0) is 6.54 Å². The van der Waals surface area contributed by atoms with E-state index in [9.17, 15) is 0 Å². The summed E-state index contributed by atoms with van der Waals surface area (Å²) >= 11 is 5.23. The van der Waals surface area contributed by atoms with E-state index < -0.39 is 0 Å². The van der Waals surface area contributed by atoms with E-state index in [1.54, 1.807) is 11.3 Å². The standard InChI is InChI=1S/C19H25BrN4S/c1-14(15-6-5-7-17(10-15)24-8-3-4-9-24)23-19(21-2)22-12-18-11-16(20)13-25-18/h5-7,10-11,13-14H,3-4,8-9,12H2,1-2H3,(H2,21,22,23). The van der Waals surface area contributed by atoms with Crippen molar-refractivity contribution in [3.05, 3.63) is 50.6 Å². The quantitative estimate of drug-likeness (QED) is 0.550. The Labute approximate surface area is 162 Å². The van der Waals surface area contributed by atoms with Crippen LogP contribution in [-0.4, -0.2) is 26.1 Å². The van der Waals surface area contributed by atoms with Gasteiger partial charge < -0.3 is 15.5 Å². The van der Waals surface area contributed by atoms with Crippen LogP contribution in [0, 0.1) is 0 Å². The first-order valence-corrected chi connectivity index (χ1v) is 10.4. The number of nitrogens with one attached hydrogen (secondary N) is 2. The van der Waals surface area contributed by atoms with Crippen molar-refractivity contribution >= 4 is 38.9 Å². The first kappa shape index (κ1) is 18.3. The number of aliphatic imine (C=N–C) groups is 1. The Morgan fingerprint density at radius 2 is 2.12 bits per heavy atom. The molecule has 2 N–H and O–H groups in total. The van der Waals surface area contributed by atoms with Gasteiger partial charge in [-0.3, -0.25) is 4.99 Å². The number of rotatable bonds is 5. The average molecular weight is 421 g/mol. The van der Waals surface area contributed by atoms with Gasteiger partial charge in [-0.05, 0) is 59.5 Å². The van der Waals surface area contributed by atoms with Crippen molar-refractivity contribution in [3.63, 3.8) is 0 Å². The topological polar surface area (TPSA) is 39.7 Å². The van der Waals surface area contributed by atoms with E-state index in [-0.39, 0.29) is 6.04 Å². The van der Waals surface area contributed by atoms with E-state index in [1.165, 1.54) is 42.1 Å². The lowest BCUT2D eigenvalue weighted by Gasteiger charge is -2.22. The molecular formula is C19H25BrN4S. The minimum Gasteiger partial charge on any atom is -0.372 e. The summed E-state index contributed by atoms with van der Waals surface area (Å²) in [4.78, 5) is 8.10. The SMILES string of the molecule is CN=C(NCc1cc(Br)cs1)NC(C)c1cccc(N2CCCC2)c1. The van der Waals surface area contributed by atoms with Crippen molar-refractivity contribution in [1.82, 2.24) is 10.6 Å². The highest BCUT2D eigenvalue weighted by Crippen LogP contribution is 2.24. The lowest BCUT2D eigenvalue weighted by Crippen LogP contribution is -2.38. The maximum atomic E-state index is 4.35. The Kier molecular flexibility index (Phi) is 6.37. The summed E-state index contributed by atoms with van der Waals surface area (Å²) in [5, 5.41) is 8.98. The molecule has 6 heteroatoms. The third kappa shape index (κ3) is 4.98. The van der Waals surface area contributed by atoms with E-state index in [1.807, 2.05) is 7.05 Å². The minimum atomic E-state index is 0.198. The summed E-state index contributed by atoms with van der Waals surface area (Å²) in [6.07, 6.45) is 2.60. The molecule has 1 saturated heterocycles. The summed E-state index contributed by atoms with van der Waals surface area (Å²) < 4.78 is 1.13. The van der Waals surface area contributed by atoms with Crippen LogP contribution in [0.3, 0.4) is 0 Å². The zero-order valence-electron chi connectivity index (χ0n) is 14.8. The third-order valence-electron chi connectivity index (χ3n) is 4.47. The number of nitrogens with zero attached hydrogens (tertiary/aromatic N) is 2. The first-order valence-electron chi connectivity index (χ1n) is 8.70. The van der Waals surface area contributed by atoms with Gasteiger partial charge in [-0.25, -0.2) is 0 Å². The van der Waals surface area contributed by atoms with Gasteiger partial charge in [0.25, 0.3) is 0 Å². The molecule has 0 spiro atoms. The Balaban J connectivity index is 1.59. The summed E-state index contributed by atoms with van der Waals surface area (Å²) in [7, 11) is 1.81. The first-order chi connectivity index (χ1) is 12.2.